The average molecular weight is 393 g/mol. The Bertz CT molecular complexity index is 882. The second-order valence-electron chi connectivity index (χ2n) is 4.70. The van der Waals surface area contributed by atoms with Crippen LogP contribution in [0.4, 0.5) is 5.69 Å². The van der Waals surface area contributed by atoms with Crippen LogP contribution in [-0.2, 0) is 14.8 Å². The summed E-state index contributed by atoms with van der Waals surface area (Å²) in [4.78, 5) is 11.4. The van der Waals surface area contributed by atoms with E-state index in [1.54, 1.807) is 24.3 Å². The minimum atomic E-state index is -4.01. The molecule has 0 fully saturated rings. The Labute approximate surface area is 146 Å². The predicted molar refractivity (Wildman–Crippen MR) is 88.9 cm³/mol. The number of benzene rings is 1. The van der Waals surface area contributed by atoms with Crippen LogP contribution in [0.3, 0.4) is 0 Å². The van der Waals surface area contributed by atoms with Crippen molar-refractivity contribution in [2.75, 3.05) is 10.8 Å². The third-order valence-electron chi connectivity index (χ3n) is 3.25. The number of halogens is 2. The Kier molecular flexibility index (Phi) is 4.18. The van der Waals surface area contributed by atoms with Crippen molar-refractivity contribution in [2.24, 2.45) is 5.73 Å². The summed E-state index contributed by atoms with van der Waals surface area (Å²) in [5.74, 6) is -0.502. The largest absolute Gasteiger partial charge is 0.476 e. The van der Waals surface area contributed by atoms with Gasteiger partial charge in [0.25, 0.3) is 15.9 Å². The van der Waals surface area contributed by atoms with Crippen LogP contribution in [0.25, 0.3) is 0 Å². The van der Waals surface area contributed by atoms with Gasteiger partial charge in [0, 0.05) is 0 Å². The van der Waals surface area contributed by atoms with Crippen LogP contribution < -0.4 is 14.8 Å². The fraction of sp³-hybridized carbons (Fsp3) is 0.154. The molecule has 2 N–H and O–H groups in total. The molecule has 23 heavy (non-hydrogen) atoms. The number of thiophene rings is 1. The lowest BCUT2D eigenvalue weighted by molar-refractivity contribution is -0.124. The Morgan fingerprint density at radius 1 is 1.35 bits per heavy atom. The van der Waals surface area contributed by atoms with Crippen molar-refractivity contribution in [3.63, 3.8) is 0 Å². The van der Waals surface area contributed by atoms with Crippen molar-refractivity contribution in [3.8, 4) is 5.75 Å². The van der Waals surface area contributed by atoms with Gasteiger partial charge in [-0.05, 0) is 18.2 Å². The molecule has 0 saturated carbocycles. The van der Waals surface area contributed by atoms with Gasteiger partial charge >= 0.3 is 0 Å². The summed E-state index contributed by atoms with van der Waals surface area (Å²) in [6.07, 6.45) is -1.09. The van der Waals surface area contributed by atoms with Gasteiger partial charge in [-0.15, -0.1) is 11.3 Å². The zero-order valence-corrected chi connectivity index (χ0v) is 14.5. The monoisotopic (exact) mass is 392 g/mol. The van der Waals surface area contributed by atoms with Crippen LogP contribution in [0.5, 0.6) is 5.75 Å². The van der Waals surface area contributed by atoms with Crippen LogP contribution in [0.15, 0.2) is 35.2 Å². The van der Waals surface area contributed by atoms with E-state index in [9.17, 15) is 13.2 Å². The Morgan fingerprint density at radius 2 is 2.04 bits per heavy atom. The number of fused-ring (bicyclic) bond motifs is 1. The smallest absolute Gasteiger partial charge is 0.266 e. The van der Waals surface area contributed by atoms with Crippen molar-refractivity contribution in [2.45, 2.75) is 11.0 Å². The molecule has 1 atom stereocenters. The van der Waals surface area contributed by atoms with E-state index in [1.165, 1.54) is 6.07 Å². The molecule has 0 bridgehead atoms. The minimum Gasteiger partial charge on any atom is -0.476 e. The van der Waals surface area contributed by atoms with Crippen LogP contribution in [0, 0.1) is 0 Å². The van der Waals surface area contributed by atoms with Crippen LogP contribution in [0.2, 0.25) is 8.67 Å². The molecular weight excluding hydrogens is 383 g/mol. The molecule has 1 aromatic heterocycles. The van der Waals surface area contributed by atoms with Crippen molar-refractivity contribution in [1.29, 1.82) is 0 Å². The quantitative estimate of drug-likeness (QED) is 0.868. The highest BCUT2D eigenvalue weighted by atomic mass is 35.5. The summed E-state index contributed by atoms with van der Waals surface area (Å²) in [5, 5.41) is 0. The lowest BCUT2D eigenvalue weighted by Gasteiger charge is -2.33. The first-order valence-electron chi connectivity index (χ1n) is 6.33. The number of carbonyl (C=O) groups excluding carboxylic acids is 1. The normalized spacial score (nSPS) is 17.5. The van der Waals surface area contributed by atoms with Gasteiger partial charge in [0.05, 0.1) is 16.6 Å². The molecule has 10 heteroatoms. The minimum absolute atomic E-state index is 0.0506. The fourth-order valence-corrected chi connectivity index (χ4v) is 5.79. The van der Waals surface area contributed by atoms with Gasteiger partial charge in [-0.2, -0.15) is 0 Å². The van der Waals surface area contributed by atoms with E-state index in [0.29, 0.717) is 5.69 Å². The topological polar surface area (TPSA) is 89.7 Å². The molecule has 2 aromatic rings. The summed E-state index contributed by atoms with van der Waals surface area (Å²) < 4.78 is 32.7. The van der Waals surface area contributed by atoms with E-state index in [2.05, 4.69) is 0 Å². The van der Waals surface area contributed by atoms with Gasteiger partial charge in [0.1, 0.15) is 15.0 Å². The highest BCUT2D eigenvalue weighted by Gasteiger charge is 2.38. The molecule has 6 nitrogen and oxygen atoms in total. The van der Waals surface area contributed by atoms with E-state index >= 15 is 0 Å². The van der Waals surface area contributed by atoms with Crippen LogP contribution in [-0.4, -0.2) is 27.0 Å². The molecule has 122 valence electrons. The molecule has 2 heterocycles. The molecule has 1 aromatic carbocycles. The summed E-state index contributed by atoms with van der Waals surface area (Å²) >= 11 is 12.8. The van der Waals surface area contributed by atoms with Gasteiger partial charge in [0.2, 0.25) is 0 Å². The first-order valence-corrected chi connectivity index (χ1v) is 9.34. The van der Waals surface area contributed by atoms with E-state index in [4.69, 9.17) is 33.7 Å². The molecule has 0 radical (unpaired) electrons. The second kappa shape index (κ2) is 5.86. The number of nitrogens with two attached hydrogens (primary N) is 1. The predicted octanol–water partition coefficient (Wildman–Crippen LogP) is 2.50. The van der Waals surface area contributed by atoms with Crippen LogP contribution in [0.1, 0.15) is 0 Å². The number of para-hydroxylation sites is 2. The van der Waals surface area contributed by atoms with E-state index in [1.807, 2.05) is 0 Å². The third-order valence-corrected chi connectivity index (χ3v) is 6.78. The molecule has 0 aliphatic carbocycles. The maximum absolute atomic E-state index is 12.9. The zero-order chi connectivity index (χ0) is 16.8. The lowest BCUT2D eigenvalue weighted by atomic mass is 10.2. The molecule has 0 unspecified atom stereocenters. The number of carbonyl (C=O) groups is 1. The average Bonchev–Trinajstić information content (AvgIpc) is 2.85. The number of nitrogens with zero attached hydrogens (tertiary/aromatic N) is 1. The number of hydrogen-bond donors (Lipinski definition) is 1. The number of anilines is 1. The standard InChI is InChI=1S/C13H10Cl2N2O4S2/c14-11-5-10(12(15)22-11)23(19,20)17-6-9(13(16)18)21-8-4-2-1-3-7(8)17/h1-5,9H,6H2,(H2,16,18)/t9-/m0/s1. The highest BCUT2D eigenvalue weighted by Crippen LogP contribution is 2.41. The molecule has 1 aliphatic rings. The molecule has 0 spiro atoms. The molecule has 1 amide bonds. The number of amides is 1. The van der Waals surface area contributed by atoms with Crippen molar-refractivity contribution >= 4 is 56.2 Å². The summed E-state index contributed by atoms with van der Waals surface area (Å²) in [5.41, 5.74) is 5.58. The van der Waals surface area contributed by atoms with Gasteiger partial charge in [-0.25, -0.2) is 8.42 Å². The highest BCUT2D eigenvalue weighted by molar-refractivity contribution is 7.93. The number of hydrogen-bond acceptors (Lipinski definition) is 5. The number of ether oxygens (including phenoxy) is 1. The van der Waals surface area contributed by atoms with Crippen molar-refractivity contribution < 1.29 is 17.9 Å². The maximum atomic E-state index is 12.9. The van der Waals surface area contributed by atoms with Crippen LogP contribution >= 0.6 is 34.5 Å². The summed E-state index contributed by atoms with van der Waals surface area (Å²) in [6, 6.07) is 7.75. The molecular formula is C13H10Cl2N2O4S2. The van der Waals surface area contributed by atoms with E-state index in [0.717, 1.165) is 15.6 Å². The second-order valence-corrected chi connectivity index (χ2v) is 8.82. The fourth-order valence-electron chi connectivity index (χ4n) is 2.20. The molecule has 0 saturated heterocycles. The van der Waals surface area contributed by atoms with E-state index in [-0.39, 0.29) is 25.9 Å². The zero-order valence-electron chi connectivity index (χ0n) is 11.4. The summed E-state index contributed by atoms with van der Waals surface area (Å²) in [6.45, 7) is -0.238. The number of sulfonamides is 1. The Morgan fingerprint density at radius 3 is 2.65 bits per heavy atom. The summed E-state index contributed by atoms with van der Waals surface area (Å²) in [7, 11) is -4.01. The third kappa shape index (κ3) is 2.87. The first kappa shape index (κ1) is 16.4. The molecule has 3 rings (SSSR count). The van der Waals surface area contributed by atoms with Gasteiger partial charge in [-0.1, -0.05) is 35.3 Å². The Balaban J connectivity index is 2.14. The van der Waals surface area contributed by atoms with E-state index < -0.39 is 22.0 Å². The van der Waals surface area contributed by atoms with Crippen molar-refractivity contribution in [3.05, 3.63) is 39.0 Å². The lowest BCUT2D eigenvalue weighted by Crippen LogP contribution is -2.49. The number of rotatable bonds is 3. The molecule has 1 aliphatic heterocycles. The van der Waals surface area contributed by atoms with Gasteiger partial charge < -0.3 is 10.5 Å². The Hall–Kier alpha value is -1.48. The SMILES string of the molecule is NC(=O)[C@@H]1CN(S(=O)(=O)c2cc(Cl)sc2Cl)c2ccccc2O1. The first-order chi connectivity index (χ1) is 10.8. The number of primary amides is 1. The van der Waals surface area contributed by atoms with Crippen molar-refractivity contribution in [1.82, 2.24) is 0 Å². The maximum Gasteiger partial charge on any atom is 0.266 e. The van der Waals surface area contributed by atoms with Gasteiger partial charge in [0.15, 0.2) is 6.10 Å². The van der Waals surface area contributed by atoms with Gasteiger partial charge in [-0.3, -0.25) is 9.10 Å².